The summed E-state index contributed by atoms with van der Waals surface area (Å²) in [5.41, 5.74) is -2.79. The van der Waals surface area contributed by atoms with Crippen LogP contribution in [0.4, 0.5) is 17.6 Å². The van der Waals surface area contributed by atoms with Crippen LogP contribution in [0.15, 0.2) is 0 Å². The highest BCUT2D eigenvalue weighted by Crippen LogP contribution is 2.46. The molecule has 1 rings (SSSR count). The maximum absolute atomic E-state index is 11.9. The summed E-state index contributed by atoms with van der Waals surface area (Å²) in [6.07, 6.45) is -4.46. The molecule has 1 aliphatic carbocycles. The van der Waals surface area contributed by atoms with Crippen LogP contribution in [0, 0.1) is 0 Å². The fourth-order valence-corrected chi connectivity index (χ4v) is 0.471. The van der Waals surface area contributed by atoms with Gasteiger partial charge in [-0.15, -0.1) is 0 Å². The van der Waals surface area contributed by atoms with Crippen LogP contribution in [0.25, 0.3) is 0 Å². The first-order chi connectivity index (χ1) is 3.63. The van der Waals surface area contributed by atoms with Crippen molar-refractivity contribution >= 4 is 0 Å². The molecule has 1 aliphatic rings. The van der Waals surface area contributed by atoms with Crippen molar-refractivity contribution in [3.8, 4) is 0 Å². The summed E-state index contributed by atoms with van der Waals surface area (Å²) >= 11 is 0. The van der Waals surface area contributed by atoms with Crippen molar-refractivity contribution in [3.63, 3.8) is 0 Å². The molecule has 1 saturated carbocycles. The molecule has 2 atom stereocenters. The highest BCUT2D eigenvalue weighted by atomic mass is 19.2. The summed E-state index contributed by atoms with van der Waals surface area (Å²) in [7, 11) is 0. The number of hydrogen-bond acceptors (Lipinski definition) is 0. The molecule has 0 aromatic heterocycles. The van der Waals surface area contributed by atoms with Gasteiger partial charge in [0.2, 0.25) is 5.67 Å². The van der Waals surface area contributed by atoms with Gasteiger partial charge in [-0.3, -0.25) is 0 Å². The maximum atomic E-state index is 11.9. The average molecular weight is 128 g/mol. The van der Waals surface area contributed by atoms with Gasteiger partial charge in [0, 0.05) is 0 Å². The molecule has 1 fully saturated rings. The smallest absolute Gasteiger partial charge is 0.206 e. The fourth-order valence-electron chi connectivity index (χ4n) is 0.471. The number of halogens is 4. The van der Waals surface area contributed by atoms with E-state index in [-0.39, 0.29) is 0 Å². The van der Waals surface area contributed by atoms with Gasteiger partial charge in [0.1, 0.15) is 6.67 Å². The van der Waals surface area contributed by atoms with Gasteiger partial charge in [-0.2, -0.15) is 0 Å². The normalized spacial score (nSPS) is 54.0. The Labute approximate surface area is 43.5 Å². The third-order valence-corrected chi connectivity index (χ3v) is 1.27. The SMILES string of the molecule is FCC1(F)C(F)C1F. The van der Waals surface area contributed by atoms with Crippen molar-refractivity contribution in [3.05, 3.63) is 0 Å². The number of rotatable bonds is 1. The summed E-state index contributed by atoms with van der Waals surface area (Å²) in [6, 6.07) is 0. The lowest BCUT2D eigenvalue weighted by Gasteiger charge is -1.90. The van der Waals surface area contributed by atoms with Gasteiger partial charge in [0.25, 0.3) is 0 Å². The molecule has 2 unspecified atom stereocenters. The second kappa shape index (κ2) is 1.36. The number of hydrogen-bond donors (Lipinski definition) is 0. The van der Waals surface area contributed by atoms with Crippen LogP contribution < -0.4 is 0 Å². The highest BCUT2D eigenvalue weighted by Gasteiger charge is 2.70. The molecule has 0 aromatic rings. The molecule has 0 bridgehead atoms. The van der Waals surface area contributed by atoms with E-state index in [9.17, 15) is 17.6 Å². The minimum absolute atomic E-state index is 1.56. The Kier molecular flexibility index (Phi) is 0.994. The van der Waals surface area contributed by atoms with Gasteiger partial charge >= 0.3 is 0 Å². The Balaban J connectivity index is 2.50. The highest BCUT2D eigenvalue weighted by molar-refractivity contribution is 5.15. The topological polar surface area (TPSA) is 0 Å². The molecular weight excluding hydrogens is 124 g/mol. The second-order valence-corrected chi connectivity index (χ2v) is 1.86. The van der Waals surface area contributed by atoms with E-state index in [2.05, 4.69) is 0 Å². The van der Waals surface area contributed by atoms with Gasteiger partial charge in [-0.05, 0) is 0 Å². The van der Waals surface area contributed by atoms with Crippen LogP contribution in [0.1, 0.15) is 0 Å². The molecule has 0 aliphatic heterocycles. The Hall–Kier alpha value is -0.280. The third-order valence-electron chi connectivity index (χ3n) is 1.27. The predicted octanol–water partition coefficient (Wildman–Crippen LogP) is 1.35. The number of alkyl halides is 4. The van der Waals surface area contributed by atoms with Crippen LogP contribution >= 0.6 is 0 Å². The Morgan fingerprint density at radius 2 is 1.62 bits per heavy atom. The molecule has 0 N–H and O–H groups in total. The van der Waals surface area contributed by atoms with Gasteiger partial charge in [-0.1, -0.05) is 0 Å². The van der Waals surface area contributed by atoms with Crippen LogP contribution in [0.5, 0.6) is 0 Å². The van der Waals surface area contributed by atoms with Gasteiger partial charge in [0.15, 0.2) is 12.3 Å². The molecule has 48 valence electrons. The lowest BCUT2D eigenvalue weighted by Crippen LogP contribution is -2.08. The van der Waals surface area contributed by atoms with E-state index in [4.69, 9.17) is 0 Å². The third kappa shape index (κ3) is 0.456. The molecule has 0 amide bonds. The van der Waals surface area contributed by atoms with E-state index in [1.165, 1.54) is 0 Å². The molecule has 8 heavy (non-hydrogen) atoms. The summed E-state index contributed by atoms with van der Waals surface area (Å²) in [5.74, 6) is 0. The van der Waals surface area contributed by atoms with Gasteiger partial charge in [0.05, 0.1) is 0 Å². The van der Waals surface area contributed by atoms with Gasteiger partial charge in [-0.25, -0.2) is 17.6 Å². The van der Waals surface area contributed by atoms with Crippen LogP contribution in [-0.4, -0.2) is 24.7 Å². The predicted molar refractivity (Wildman–Crippen MR) is 19.6 cm³/mol. The molecule has 0 saturated heterocycles. The van der Waals surface area contributed by atoms with Crippen molar-refractivity contribution in [2.75, 3.05) is 6.67 Å². The van der Waals surface area contributed by atoms with Crippen molar-refractivity contribution < 1.29 is 17.6 Å². The Morgan fingerprint density at radius 1 is 1.25 bits per heavy atom. The van der Waals surface area contributed by atoms with Gasteiger partial charge < -0.3 is 0 Å². The molecule has 4 heteroatoms. The monoisotopic (exact) mass is 128 g/mol. The van der Waals surface area contributed by atoms with Crippen LogP contribution in [0.2, 0.25) is 0 Å². The molecule has 0 spiro atoms. The minimum atomic E-state index is -2.79. The van der Waals surface area contributed by atoms with Crippen molar-refractivity contribution in [2.24, 2.45) is 0 Å². The summed E-state index contributed by atoms with van der Waals surface area (Å²) in [4.78, 5) is 0. The summed E-state index contributed by atoms with van der Waals surface area (Å²) < 4.78 is 46.2. The molecule has 0 heterocycles. The first-order valence-electron chi connectivity index (χ1n) is 2.16. The molecule has 0 radical (unpaired) electrons. The van der Waals surface area contributed by atoms with E-state index in [0.717, 1.165) is 0 Å². The standard InChI is InChI=1S/C4H4F4/c5-1-4(8)2(6)3(4)7/h2-3H,1H2. The first kappa shape index (κ1) is 5.85. The lowest BCUT2D eigenvalue weighted by atomic mass is 10.4. The maximum Gasteiger partial charge on any atom is 0.206 e. The van der Waals surface area contributed by atoms with E-state index in [1.54, 1.807) is 0 Å². The minimum Gasteiger partial charge on any atom is -0.247 e. The Morgan fingerprint density at radius 3 is 1.62 bits per heavy atom. The summed E-state index contributed by atoms with van der Waals surface area (Å²) in [5, 5.41) is 0. The van der Waals surface area contributed by atoms with E-state index < -0.39 is 24.7 Å². The van der Waals surface area contributed by atoms with Crippen molar-refractivity contribution in [1.82, 2.24) is 0 Å². The zero-order valence-corrected chi connectivity index (χ0v) is 3.87. The first-order valence-corrected chi connectivity index (χ1v) is 2.16. The second-order valence-electron chi connectivity index (χ2n) is 1.86. The van der Waals surface area contributed by atoms with Crippen molar-refractivity contribution in [1.29, 1.82) is 0 Å². The van der Waals surface area contributed by atoms with E-state index >= 15 is 0 Å². The summed E-state index contributed by atoms with van der Waals surface area (Å²) in [6.45, 7) is -1.56. The molecule has 0 nitrogen and oxygen atoms in total. The van der Waals surface area contributed by atoms with Crippen molar-refractivity contribution in [2.45, 2.75) is 18.0 Å². The zero-order chi connectivity index (χ0) is 6.36. The van der Waals surface area contributed by atoms with Crippen LogP contribution in [0.3, 0.4) is 0 Å². The quantitative estimate of drug-likeness (QED) is 0.467. The molecular formula is C4H4F4. The average Bonchev–Trinajstić information content (AvgIpc) is 2.22. The fraction of sp³-hybridized carbons (Fsp3) is 1.00. The Bertz CT molecular complexity index is 94.2. The van der Waals surface area contributed by atoms with Crippen LogP contribution in [-0.2, 0) is 0 Å². The zero-order valence-electron chi connectivity index (χ0n) is 3.87. The van der Waals surface area contributed by atoms with E-state index in [0.29, 0.717) is 0 Å². The van der Waals surface area contributed by atoms with E-state index in [1.807, 2.05) is 0 Å². The lowest BCUT2D eigenvalue weighted by molar-refractivity contribution is 0.180. The molecule has 0 aromatic carbocycles. The largest absolute Gasteiger partial charge is 0.247 e.